The Labute approximate surface area is 154 Å². The summed E-state index contributed by atoms with van der Waals surface area (Å²) < 4.78 is 11.3. The van der Waals surface area contributed by atoms with Crippen LogP contribution in [0.5, 0.6) is 11.5 Å². The van der Waals surface area contributed by atoms with Gasteiger partial charge in [-0.15, -0.1) is 11.3 Å². The third kappa shape index (κ3) is 3.83. The molecule has 3 aromatic rings. The second kappa shape index (κ2) is 7.53. The topological polar surface area (TPSA) is 73.3 Å². The summed E-state index contributed by atoms with van der Waals surface area (Å²) in [5.41, 5.74) is 2.59. The van der Waals surface area contributed by atoms with Crippen LogP contribution in [-0.4, -0.2) is 29.1 Å². The zero-order valence-corrected chi connectivity index (χ0v) is 14.8. The van der Waals surface area contributed by atoms with Crippen LogP contribution in [0.15, 0.2) is 48.1 Å². The molecule has 132 valence electrons. The van der Waals surface area contributed by atoms with Gasteiger partial charge in [-0.1, -0.05) is 6.07 Å². The highest BCUT2D eigenvalue weighted by Crippen LogP contribution is 2.30. The van der Waals surface area contributed by atoms with Gasteiger partial charge in [0.25, 0.3) is 0 Å². The first-order chi connectivity index (χ1) is 12.8. The van der Waals surface area contributed by atoms with Gasteiger partial charge in [0, 0.05) is 29.8 Å². The molecule has 0 radical (unpaired) electrons. The third-order valence-corrected chi connectivity index (χ3v) is 4.64. The summed E-state index contributed by atoms with van der Waals surface area (Å²) >= 11 is 1.39. The molecule has 0 atom stereocenters. The number of fused-ring (bicyclic) bond motifs is 1. The van der Waals surface area contributed by atoms with E-state index in [9.17, 15) is 4.79 Å². The molecule has 7 heteroatoms. The molecular weight excluding hydrogens is 350 g/mol. The molecule has 1 N–H and O–H groups in total. The Kier molecular flexibility index (Phi) is 4.79. The lowest BCUT2D eigenvalue weighted by Crippen LogP contribution is -2.14. The average molecular weight is 367 g/mol. The van der Waals surface area contributed by atoms with Gasteiger partial charge in [-0.25, -0.2) is 4.98 Å². The van der Waals surface area contributed by atoms with Crippen LogP contribution in [0.4, 0.5) is 5.13 Å². The Morgan fingerprint density at radius 3 is 2.92 bits per heavy atom. The first kappa shape index (κ1) is 16.5. The van der Waals surface area contributed by atoms with E-state index in [4.69, 9.17) is 9.47 Å². The molecule has 3 heterocycles. The summed E-state index contributed by atoms with van der Waals surface area (Å²) in [6.07, 6.45) is 4.57. The third-order valence-electron chi connectivity index (χ3n) is 3.88. The summed E-state index contributed by atoms with van der Waals surface area (Å²) in [4.78, 5) is 20.9. The first-order valence-corrected chi connectivity index (χ1v) is 9.20. The summed E-state index contributed by atoms with van der Waals surface area (Å²) in [6.45, 7) is 1.27. The molecule has 1 aliphatic heterocycles. The fraction of sp³-hybridized carbons (Fsp3) is 0.211. The SMILES string of the molecule is O=C(Cc1ccc2c(c1)OCCCO2)Nc1nc(-c2cccnc2)cs1. The van der Waals surface area contributed by atoms with Crippen LogP contribution in [0.3, 0.4) is 0 Å². The molecule has 1 aromatic carbocycles. The minimum atomic E-state index is -0.119. The quantitative estimate of drug-likeness (QED) is 0.763. The van der Waals surface area contributed by atoms with E-state index in [1.165, 1.54) is 11.3 Å². The van der Waals surface area contributed by atoms with Gasteiger partial charge in [0.1, 0.15) is 0 Å². The molecule has 1 amide bonds. The molecule has 0 saturated carbocycles. The Morgan fingerprint density at radius 1 is 1.19 bits per heavy atom. The Bertz CT molecular complexity index is 911. The second-order valence-electron chi connectivity index (χ2n) is 5.84. The fourth-order valence-corrected chi connectivity index (χ4v) is 3.38. The van der Waals surface area contributed by atoms with E-state index in [0.29, 0.717) is 24.1 Å². The number of hydrogen-bond donors (Lipinski definition) is 1. The largest absolute Gasteiger partial charge is 0.490 e. The van der Waals surface area contributed by atoms with Crippen molar-refractivity contribution in [1.29, 1.82) is 0 Å². The smallest absolute Gasteiger partial charge is 0.230 e. The van der Waals surface area contributed by atoms with Crippen LogP contribution in [0, 0.1) is 0 Å². The molecule has 0 bridgehead atoms. The van der Waals surface area contributed by atoms with E-state index in [-0.39, 0.29) is 12.3 Å². The number of carbonyl (C=O) groups excluding carboxylic acids is 1. The lowest BCUT2D eigenvalue weighted by atomic mass is 10.1. The molecule has 0 spiro atoms. The van der Waals surface area contributed by atoms with Crippen molar-refractivity contribution in [3.8, 4) is 22.8 Å². The van der Waals surface area contributed by atoms with E-state index >= 15 is 0 Å². The highest BCUT2D eigenvalue weighted by molar-refractivity contribution is 7.14. The highest BCUT2D eigenvalue weighted by atomic mass is 32.1. The average Bonchev–Trinajstić information content (AvgIpc) is 2.99. The van der Waals surface area contributed by atoms with E-state index in [2.05, 4.69) is 15.3 Å². The molecule has 0 unspecified atom stereocenters. The summed E-state index contributed by atoms with van der Waals surface area (Å²) in [5.74, 6) is 1.31. The van der Waals surface area contributed by atoms with Gasteiger partial charge in [-0.3, -0.25) is 9.78 Å². The molecule has 6 nitrogen and oxygen atoms in total. The zero-order valence-electron chi connectivity index (χ0n) is 14.0. The van der Waals surface area contributed by atoms with Gasteiger partial charge >= 0.3 is 0 Å². The monoisotopic (exact) mass is 367 g/mol. The summed E-state index contributed by atoms with van der Waals surface area (Å²) in [6, 6.07) is 9.40. The van der Waals surface area contributed by atoms with Crippen LogP contribution in [0.2, 0.25) is 0 Å². The number of thiazole rings is 1. The van der Waals surface area contributed by atoms with E-state index in [0.717, 1.165) is 29.0 Å². The minimum absolute atomic E-state index is 0.119. The first-order valence-electron chi connectivity index (χ1n) is 8.32. The van der Waals surface area contributed by atoms with Gasteiger partial charge in [-0.2, -0.15) is 0 Å². The van der Waals surface area contributed by atoms with Crippen molar-refractivity contribution in [3.05, 3.63) is 53.7 Å². The maximum absolute atomic E-state index is 12.3. The van der Waals surface area contributed by atoms with Crippen molar-refractivity contribution in [3.63, 3.8) is 0 Å². The molecule has 1 aliphatic rings. The van der Waals surface area contributed by atoms with Gasteiger partial charge < -0.3 is 14.8 Å². The van der Waals surface area contributed by atoms with Crippen LogP contribution in [0.25, 0.3) is 11.3 Å². The number of nitrogens with one attached hydrogen (secondary N) is 1. The Morgan fingerprint density at radius 2 is 2.08 bits per heavy atom. The molecule has 0 saturated heterocycles. The molecule has 2 aromatic heterocycles. The molecule has 26 heavy (non-hydrogen) atoms. The second-order valence-corrected chi connectivity index (χ2v) is 6.69. The number of pyridine rings is 1. The molecular formula is C19H17N3O3S. The number of carbonyl (C=O) groups is 1. The van der Waals surface area contributed by atoms with Gasteiger partial charge in [0.15, 0.2) is 16.6 Å². The van der Waals surface area contributed by atoms with Crippen LogP contribution in [0.1, 0.15) is 12.0 Å². The lowest BCUT2D eigenvalue weighted by molar-refractivity contribution is -0.115. The number of anilines is 1. The maximum Gasteiger partial charge on any atom is 0.230 e. The van der Waals surface area contributed by atoms with Gasteiger partial charge in [-0.05, 0) is 29.8 Å². The number of aromatic nitrogens is 2. The van der Waals surface area contributed by atoms with E-state index in [1.807, 2.05) is 35.7 Å². The molecule has 4 rings (SSSR count). The van der Waals surface area contributed by atoms with Crippen LogP contribution in [-0.2, 0) is 11.2 Å². The summed E-state index contributed by atoms with van der Waals surface area (Å²) in [7, 11) is 0. The number of hydrogen-bond acceptors (Lipinski definition) is 6. The van der Waals surface area contributed by atoms with Crippen LogP contribution >= 0.6 is 11.3 Å². The minimum Gasteiger partial charge on any atom is -0.490 e. The van der Waals surface area contributed by atoms with Crippen molar-refractivity contribution in [2.24, 2.45) is 0 Å². The number of nitrogens with zero attached hydrogens (tertiary/aromatic N) is 2. The predicted octanol–water partition coefficient (Wildman–Crippen LogP) is 3.55. The zero-order chi connectivity index (χ0) is 17.8. The van der Waals surface area contributed by atoms with E-state index < -0.39 is 0 Å². The maximum atomic E-state index is 12.3. The highest BCUT2D eigenvalue weighted by Gasteiger charge is 2.13. The standard InChI is InChI=1S/C19H17N3O3S/c23-18(10-13-4-5-16-17(9-13)25-8-2-7-24-16)22-19-21-15(12-26-19)14-3-1-6-20-11-14/h1,3-6,9,11-12H,2,7-8,10H2,(H,21,22,23). The van der Waals surface area contributed by atoms with Crippen molar-refractivity contribution in [1.82, 2.24) is 9.97 Å². The number of ether oxygens (including phenoxy) is 2. The van der Waals surface area contributed by atoms with Gasteiger partial charge in [0.2, 0.25) is 5.91 Å². The Balaban J connectivity index is 1.41. The van der Waals surface area contributed by atoms with Crippen molar-refractivity contribution in [2.75, 3.05) is 18.5 Å². The molecule has 0 aliphatic carbocycles. The number of benzene rings is 1. The van der Waals surface area contributed by atoms with Gasteiger partial charge in [0.05, 0.1) is 25.3 Å². The Hall–Kier alpha value is -2.93. The summed E-state index contributed by atoms with van der Waals surface area (Å²) in [5, 5.41) is 5.32. The predicted molar refractivity (Wildman–Crippen MR) is 99.7 cm³/mol. The van der Waals surface area contributed by atoms with Crippen LogP contribution < -0.4 is 14.8 Å². The normalized spacial score (nSPS) is 13.1. The lowest BCUT2D eigenvalue weighted by Gasteiger charge is -2.09. The molecule has 0 fully saturated rings. The number of amides is 1. The van der Waals surface area contributed by atoms with Crippen molar-refractivity contribution in [2.45, 2.75) is 12.8 Å². The fourth-order valence-electron chi connectivity index (χ4n) is 2.64. The van der Waals surface area contributed by atoms with E-state index in [1.54, 1.807) is 12.4 Å². The van der Waals surface area contributed by atoms with Crippen molar-refractivity contribution >= 4 is 22.4 Å². The van der Waals surface area contributed by atoms with Crippen molar-refractivity contribution < 1.29 is 14.3 Å². The number of rotatable bonds is 4.